The Balaban J connectivity index is 1.72. The Kier molecular flexibility index (Phi) is 4.99. The standard InChI is InChI=1S/C14H22N2O2/c15-9-12-2-1-3-14(8-12)18-7-6-16-5-4-13(10-16)11-17/h1-3,8,13,17H,4-7,9-11,15H2. The van der Waals surface area contributed by atoms with Gasteiger partial charge in [-0.1, -0.05) is 12.1 Å². The molecule has 100 valence electrons. The van der Waals surface area contributed by atoms with Gasteiger partial charge in [-0.15, -0.1) is 0 Å². The van der Waals surface area contributed by atoms with Crippen molar-refractivity contribution in [2.24, 2.45) is 11.7 Å². The highest BCUT2D eigenvalue weighted by molar-refractivity contribution is 5.28. The number of rotatable bonds is 6. The second-order valence-corrected chi connectivity index (χ2v) is 4.84. The third-order valence-corrected chi connectivity index (χ3v) is 3.44. The molecule has 0 aliphatic carbocycles. The van der Waals surface area contributed by atoms with Crippen LogP contribution >= 0.6 is 0 Å². The summed E-state index contributed by atoms with van der Waals surface area (Å²) in [5.41, 5.74) is 6.68. The van der Waals surface area contributed by atoms with E-state index in [1.165, 1.54) is 0 Å². The van der Waals surface area contributed by atoms with Gasteiger partial charge in [-0.3, -0.25) is 4.90 Å². The van der Waals surface area contributed by atoms with Crippen LogP contribution in [0.25, 0.3) is 0 Å². The van der Waals surface area contributed by atoms with Crippen LogP contribution in [0.1, 0.15) is 12.0 Å². The maximum Gasteiger partial charge on any atom is 0.119 e. The normalized spacial score (nSPS) is 20.2. The van der Waals surface area contributed by atoms with Crippen molar-refractivity contribution in [2.75, 3.05) is 32.8 Å². The molecule has 1 atom stereocenters. The summed E-state index contributed by atoms with van der Waals surface area (Å²) in [6.07, 6.45) is 1.10. The Bertz CT molecular complexity index is 371. The van der Waals surface area contributed by atoms with Crippen molar-refractivity contribution in [1.29, 1.82) is 0 Å². The Morgan fingerprint density at radius 3 is 3.06 bits per heavy atom. The molecule has 18 heavy (non-hydrogen) atoms. The number of likely N-dealkylation sites (tertiary alicyclic amines) is 1. The van der Waals surface area contributed by atoms with Crippen molar-refractivity contribution >= 4 is 0 Å². The molecule has 1 aliphatic heterocycles. The molecule has 0 radical (unpaired) electrons. The van der Waals surface area contributed by atoms with Gasteiger partial charge >= 0.3 is 0 Å². The third kappa shape index (κ3) is 3.70. The van der Waals surface area contributed by atoms with Crippen LogP contribution in [0.2, 0.25) is 0 Å². The van der Waals surface area contributed by atoms with Crippen molar-refractivity contribution in [3.8, 4) is 5.75 Å². The van der Waals surface area contributed by atoms with Crippen LogP contribution in [-0.2, 0) is 6.54 Å². The fourth-order valence-electron chi connectivity index (χ4n) is 2.32. The van der Waals surface area contributed by atoms with E-state index < -0.39 is 0 Å². The van der Waals surface area contributed by atoms with E-state index in [0.717, 1.165) is 37.4 Å². The first kappa shape index (κ1) is 13.3. The highest BCUT2D eigenvalue weighted by atomic mass is 16.5. The molecular weight excluding hydrogens is 228 g/mol. The Labute approximate surface area is 108 Å². The first-order chi connectivity index (χ1) is 8.81. The van der Waals surface area contributed by atoms with Crippen LogP contribution in [-0.4, -0.2) is 42.9 Å². The number of hydrogen-bond donors (Lipinski definition) is 2. The lowest BCUT2D eigenvalue weighted by Crippen LogP contribution is -2.26. The molecule has 1 unspecified atom stereocenters. The maximum atomic E-state index is 9.08. The first-order valence-corrected chi connectivity index (χ1v) is 6.57. The number of hydrogen-bond acceptors (Lipinski definition) is 4. The quantitative estimate of drug-likeness (QED) is 0.785. The van der Waals surface area contributed by atoms with Gasteiger partial charge in [0.2, 0.25) is 0 Å². The van der Waals surface area contributed by atoms with E-state index in [1.54, 1.807) is 0 Å². The minimum Gasteiger partial charge on any atom is -0.492 e. The molecule has 0 bridgehead atoms. The summed E-state index contributed by atoms with van der Waals surface area (Å²) in [5, 5.41) is 9.08. The summed E-state index contributed by atoms with van der Waals surface area (Å²) in [6, 6.07) is 7.91. The molecule has 1 saturated heterocycles. The zero-order valence-corrected chi connectivity index (χ0v) is 10.7. The predicted octanol–water partition coefficient (Wildman–Crippen LogP) is 0.838. The Hall–Kier alpha value is -1.10. The summed E-state index contributed by atoms with van der Waals surface area (Å²) < 4.78 is 5.72. The van der Waals surface area contributed by atoms with Crippen LogP contribution in [0.15, 0.2) is 24.3 Å². The van der Waals surface area contributed by atoms with E-state index in [9.17, 15) is 0 Å². The SMILES string of the molecule is NCc1cccc(OCCN2CCC(CO)C2)c1. The van der Waals surface area contributed by atoms with Gasteiger partial charge in [0, 0.05) is 26.2 Å². The fraction of sp³-hybridized carbons (Fsp3) is 0.571. The minimum atomic E-state index is 0.301. The summed E-state index contributed by atoms with van der Waals surface area (Å²) in [7, 11) is 0. The molecule has 0 aromatic heterocycles. The Morgan fingerprint density at radius 1 is 1.44 bits per heavy atom. The molecule has 3 N–H and O–H groups in total. The summed E-state index contributed by atoms with van der Waals surface area (Å²) in [5.74, 6) is 1.33. The number of aliphatic hydroxyl groups is 1. The zero-order valence-electron chi connectivity index (χ0n) is 10.7. The lowest BCUT2D eigenvalue weighted by atomic mass is 10.1. The van der Waals surface area contributed by atoms with E-state index in [-0.39, 0.29) is 0 Å². The van der Waals surface area contributed by atoms with Crippen LogP contribution in [0.5, 0.6) is 5.75 Å². The van der Waals surface area contributed by atoms with E-state index in [4.69, 9.17) is 15.6 Å². The third-order valence-electron chi connectivity index (χ3n) is 3.44. The highest BCUT2D eigenvalue weighted by Crippen LogP contribution is 2.16. The minimum absolute atomic E-state index is 0.301. The molecule has 2 rings (SSSR count). The number of benzene rings is 1. The lowest BCUT2D eigenvalue weighted by molar-refractivity contribution is 0.204. The van der Waals surface area contributed by atoms with Crippen molar-refractivity contribution in [2.45, 2.75) is 13.0 Å². The van der Waals surface area contributed by atoms with E-state index in [2.05, 4.69) is 4.90 Å². The van der Waals surface area contributed by atoms with E-state index in [1.807, 2.05) is 24.3 Å². The molecule has 1 aliphatic rings. The average Bonchev–Trinajstić information content (AvgIpc) is 2.87. The van der Waals surface area contributed by atoms with Crippen molar-refractivity contribution < 1.29 is 9.84 Å². The number of ether oxygens (including phenoxy) is 1. The zero-order chi connectivity index (χ0) is 12.8. The molecule has 4 nitrogen and oxygen atoms in total. The number of nitrogens with zero attached hydrogens (tertiary/aromatic N) is 1. The summed E-state index contributed by atoms with van der Waals surface area (Å²) in [4.78, 5) is 2.34. The highest BCUT2D eigenvalue weighted by Gasteiger charge is 2.20. The second kappa shape index (κ2) is 6.73. The summed E-state index contributed by atoms with van der Waals surface area (Å²) >= 11 is 0. The van der Waals surface area contributed by atoms with Crippen LogP contribution in [0.4, 0.5) is 0 Å². The molecule has 1 heterocycles. The molecule has 0 saturated carbocycles. The average molecular weight is 250 g/mol. The molecule has 0 amide bonds. The van der Waals surface area contributed by atoms with Gasteiger partial charge in [0.25, 0.3) is 0 Å². The van der Waals surface area contributed by atoms with Crippen LogP contribution in [0.3, 0.4) is 0 Å². The van der Waals surface area contributed by atoms with Crippen molar-refractivity contribution in [3.63, 3.8) is 0 Å². The molecule has 0 spiro atoms. The van der Waals surface area contributed by atoms with E-state index >= 15 is 0 Å². The molecule has 4 heteroatoms. The largest absolute Gasteiger partial charge is 0.492 e. The van der Waals surface area contributed by atoms with Gasteiger partial charge in [-0.25, -0.2) is 0 Å². The molecular formula is C14H22N2O2. The summed E-state index contributed by atoms with van der Waals surface area (Å²) in [6.45, 7) is 4.51. The topological polar surface area (TPSA) is 58.7 Å². The number of aliphatic hydroxyl groups excluding tert-OH is 1. The van der Waals surface area contributed by atoms with Gasteiger partial charge in [0.05, 0.1) is 0 Å². The van der Waals surface area contributed by atoms with Crippen molar-refractivity contribution in [3.05, 3.63) is 29.8 Å². The van der Waals surface area contributed by atoms with Crippen molar-refractivity contribution in [1.82, 2.24) is 4.90 Å². The van der Waals surface area contributed by atoms with Gasteiger partial charge in [0.15, 0.2) is 0 Å². The van der Waals surface area contributed by atoms with Crippen LogP contribution in [0, 0.1) is 5.92 Å². The van der Waals surface area contributed by atoms with E-state index in [0.29, 0.717) is 25.7 Å². The fourth-order valence-corrected chi connectivity index (χ4v) is 2.32. The number of nitrogens with two attached hydrogens (primary N) is 1. The maximum absolute atomic E-state index is 9.08. The van der Waals surface area contributed by atoms with Gasteiger partial charge in [0.1, 0.15) is 12.4 Å². The second-order valence-electron chi connectivity index (χ2n) is 4.84. The molecule has 1 aromatic rings. The van der Waals surface area contributed by atoms with Gasteiger partial charge in [-0.2, -0.15) is 0 Å². The monoisotopic (exact) mass is 250 g/mol. The molecule has 1 aromatic carbocycles. The Morgan fingerprint density at radius 2 is 2.33 bits per heavy atom. The van der Waals surface area contributed by atoms with Gasteiger partial charge < -0.3 is 15.6 Å². The predicted molar refractivity (Wildman–Crippen MR) is 71.5 cm³/mol. The molecule has 1 fully saturated rings. The smallest absolute Gasteiger partial charge is 0.119 e. The van der Waals surface area contributed by atoms with Gasteiger partial charge in [-0.05, 0) is 36.6 Å². The first-order valence-electron chi connectivity index (χ1n) is 6.57. The van der Waals surface area contributed by atoms with Crippen LogP contribution < -0.4 is 10.5 Å². The lowest BCUT2D eigenvalue weighted by Gasteiger charge is -2.16.